The predicted molar refractivity (Wildman–Crippen MR) is 107 cm³/mol. The van der Waals surface area contributed by atoms with Gasteiger partial charge in [-0.3, -0.25) is 9.69 Å². The van der Waals surface area contributed by atoms with Crippen molar-refractivity contribution in [3.63, 3.8) is 0 Å². The van der Waals surface area contributed by atoms with E-state index in [2.05, 4.69) is 5.32 Å². The summed E-state index contributed by atoms with van der Waals surface area (Å²) in [4.78, 5) is 27.2. The van der Waals surface area contributed by atoms with E-state index in [-0.39, 0.29) is 19.1 Å². The average Bonchev–Trinajstić information content (AvgIpc) is 3.29. The highest BCUT2D eigenvalue weighted by Gasteiger charge is 2.35. The lowest BCUT2D eigenvalue weighted by Crippen LogP contribution is -2.52. The zero-order valence-corrected chi connectivity index (χ0v) is 15.9. The molecule has 6 heteroatoms. The van der Waals surface area contributed by atoms with Crippen LogP contribution in [-0.4, -0.2) is 22.9 Å². The van der Waals surface area contributed by atoms with Gasteiger partial charge in [0.05, 0.1) is 19.4 Å². The van der Waals surface area contributed by atoms with Crippen LogP contribution in [0, 0.1) is 0 Å². The first-order valence-corrected chi connectivity index (χ1v) is 9.55. The summed E-state index contributed by atoms with van der Waals surface area (Å²) in [5, 5.41) is 2.86. The molecular weight excluding hydrogens is 368 g/mol. The summed E-state index contributed by atoms with van der Waals surface area (Å²) in [6.45, 7) is 0.776. The first-order chi connectivity index (χ1) is 14.2. The normalized spacial score (nSPS) is 15.4. The molecule has 148 valence electrons. The fourth-order valence-corrected chi connectivity index (χ4v) is 3.46. The van der Waals surface area contributed by atoms with E-state index >= 15 is 0 Å². The van der Waals surface area contributed by atoms with Crippen LogP contribution in [0.4, 0.5) is 4.79 Å². The molecule has 2 amide bonds. The maximum atomic E-state index is 12.9. The van der Waals surface area contributed by atoms with Crippen molar-refractivity contribution in [2.75, 3.05) is 0 Å². The lowest BCUT2D eigenvalue weighted by atomic mass is 9.94. The van der Waals surface area contributed by atoms with Gasteiger partial charge in [-0.05, 0) is 28.8 Å². The summed E-state index contributed by atoms with van der Waals surface area (Å²) >= 11 is 0. The SMILES string of the molecule is O=C(NCc1ccco1)[C@H]1Cc2ccccc2CN1C(=O)OCc1ccccc1. The van der Waals surface area contributed by atoms with Gasteiger partial charge >= 0.3 is 6.09 Å². The number of nitrogens with zero attached hydrogens (tertiary/aromatic N) is 1. The maximum Gasteiger partial charge on any atom is 0.411 e. The Morgan fingerprint density at radius 1 is 1.00 bits per heavy atom. The molecule has 1 aromatic heterocycles. The van der Waals surface area contributed by atoms with Gasteiger partial charge in [-0.25, -0.2) is 4.79 Å². The van der Waals surface area contributed by atoms with Gasteiger partial charge in [0.2, 0.25) is 5.91 Å². The number of rotatable bonds is 5. The fourth-order valence-electron chi connectivity index (χ4n) is 3.46. The quantitative estimate of drug-likeness (QED) is 0.722. The number of amides is 2. The Bertz CT molecular complexity index is 970. The maximum absolute atomic E-state index is 12.9. The number of carbonyl (C=O) groups excluding carboxylic acids is 2. The number of fused-ring (bicyclic) bond motifs is 1. The molecule has 0 radical (unpaired) electrons. The van der Waals surface area contributed by atoms with Gasteiger partial charge in [0.1, 0.15) is 18.4 Å². The molecule has 0 bridgehead atoms. The number of benzene rings is 2. The monoisotopic (exact) mass is 390 g/mol. The second kappa shape index (κ2) is 8.65. The highest BCUT2D eigenvalue weighted by molar-refractivity contribution is 5.86. The third kappa shape index (κ3) is 4.48. The van der Waals surface area contributed by atoms with Gasteiger partial charge in [0.25, 0.3) is 0 Å². The van der Waals surface area contributed by atoms with Crippen LogP contribution in [0.15, 0.2) is 77.4 Å². The van der Waals surface area contributed by atoms with Crippen LogP contribution >= 0.6 is 0 Å². The topological polar surface area (TPSA) is 71.8 Å². The minimum absolute atomic E-state index is 0.165. The molecule has 0 unspecified atom stereocenters. The first kappa shape index (κ1) is 18.8. The number of carbonyl (C=O) groups is 2. The number of ether oxygens (including phenoxy) is 1. The summed E-state index contributed by atoms with van der Waals surface area (Å²) < 4.78 is 10.8. The van der Waals surface area contributed by atoms with Crippen molar-refractivity contribution in [2.24, 2.45) is 0 Å². The van der Waals surface area contributed by atoms with Crippen LogP contribution < -0.4 is 5.32 Å². The molecule has 1 aliphatic rings. The van der Waals surface area contributed by atoms with E-state index in [0.717, 1.165) is 16.7 Å². The van der Waals surface area contributed by atoms with Crippen molar-refractivity contribution in [1.29, 1.82) is 0 Å². The van der Waals surface area contributed by atoms with E-state index in [4.69, 9.17) is 9.15 Å². The first-order valence-electron chi connectivity index (χ1n) is 9.55. The van der Waals surface area contributed by atoms with E-state index in [1.807, 2.05) is 54.6 Å². The van der Waals surface area contributed by atoms with Crippen molar-refractivity contribution in [3.05, 3.63) is 95.4 Å². The summed E-state index contributed by atoms with van der Waals surface area (Å²) in [6, 6.07) is 20.3. The van der Waals surface area contributed by atoms with Crippen molar-refractivity contribution < 1.29 is 18.7 Å². The Kier molecular flexibility index (Phi) is 5.61. The predicted octanol–water partition coefficient (Wildman–Crippen LogP) is 3.66. The Labute approximate surface area is 169 Å². The Morgan fingerprint density at radius 2 is 1.76 bits per heavy atom. The number of furan rings is 1. The van der Waals surface area contributed by atoms with Gasteiger partial charge in [0, 0.05) is 6.42 Å². The molecule has 2 heterocycles. The Morgan fingerprint density at radius 3 is 2.52 bits per heavy atom. The molecule has 0 saturated carbocycles. The van der Waals surface area contributed by atoms with Gasteiger partial charge < -0.3 is 14.5 Å². The number of hydrogen-bond acceptors (Lipinski definition) is 4. The van der Waals surface area contributed by atoms with E-state index < -0.39 is 12.1 Å². The number of hydrogen-bond donors (Lipinski definition) is 1. The van der Waals surface area contributed by atoms with Crippen molar-refractivity contribution in [3.8, 4) is 0 Å². The Hall–Kier alpha value is -3.54. The molecule has 1 atom stereocenters. The Balaban J connectivity index is 1.48. The fraction of sp³-hybridized carbons (Fsp3) is 0.217. The summed E-state index contributed by atoms with van der Waals surface area (Å²) in [6.07, 6.45) is 1.51. The highest BCUT2D eigenvalue weighted by Crippen LogP contribution is 2.24. The smallest absolute Gasteiger partial charge is 0.411 e. The summed E-state index contributed by atoms with van der Waals surface area (Å²) in [5.74, 6) is 0.431. The van der Waals surface area contributed by atoms with Crippen LogP contribution in [0.1, 0.15) is 22.5 Å². The molecule has 4 rings (SSSR count). The van der Waals surface area contributed by atoms with Crippen molar-refractivity contribution in [2.45, 2.75) is 32.2 Å². The van der Waals surface area contributed by atoms with Gasteiger partial charge in [-0.2, -0.15) is 0 Å². The van der Waals surface area contributed by atoms with Crippen molar-refractivity contribution in [1.82, 2.24) is 10.2 Å². The second-order valence-electron chi connectivity index (χ2n) is 6.95. The van der Waals surface area contributed by atoms with Gasteiger partial charge in [0.15, 0.2) is 0 Å². The number of nitrogens with one attached hydrogen (secondary N) is 1. The minimum atomic E-state index is -0.636. The van der Waals surface area contributed by atoms with E-state index in [1.165, 1.54) is 4.90 Å². The van der Waals surface area contributed by atoms with Gasteiger partial charge in [-0.15, -0.1) is 0 Å². The standard InChI is InChI=1S/C23H22N2O4/c26-22(24-14-20-11-6-12-28-20)21-13-18-9-4-5-10-19(18)15-25(21)23(27)29-16-17-7-2-1-3-8-17/h1-12,21H,13-16H2,(H,24,26)/t21-/m1/s1. The molecule has 0 saturated heterocycles. The summed E-state index contributed by atoms with van der Waals surface area (Å²) in [5.41, 5.74) is 2.99. The molecule has 6 nitrogen and oxygen atoms in total. The van der Waals surface area contributed by atoms with E-state index in [0.29, 0.717) is 18.7 Å². The highest BCUT2D eigenvalue weighted by atomic mass is 16.6. The van der Waals surface area contributed by atoms with E-state index in [9.17, 15) is 9.59 Å². The third-order valence-electron chi connectivity index (χ3n) is 5.01. The molecular formula is C23H22N2O4. The van der Waals surface area contributed by atoms with E-state index in [1.54, 1.807) is 18.4 Å². The van der Waals surface area contributed by atoms with Gasteiger partial charge in [-0.1, -0.05) is 54.6 Å². The van der Waals surface area contributed by atoms with Crippen LogP contribution in [0.3, 0.4) is 0 Å². The van der Waals surface area contributed by atoms with Crippen molar-refractivity contribution >= 4 is 12.0 Å². The molecule has 0 spiro atoms. The molecule has 2 aromatic carbocycles. The third-order valence-corrected chi connectivity index (χ3v) is 5.01. The van der Waals surface area contributed by atoms with Crippen LogP contribution in [0.5, 0.6) is 0 Å². The zero-order valence-electron chi connectivity index (χ0n) is 15.9. The lowest BCUT2D eigenvalue weighted by molar-refractivity contribution is -0.126. The average molecular weight is 390 g/mol. The zero-order chi connectivity index (χ0) is 20.1. The molecule has 3 aromatic rings. The lowest BCUT2D eigenvalue weighted by Gasteiger charge is -2.35. The molecule has 29 heavy (non-hydrogen) atoms. The second-order valence-corrected chi connectivity index (χ2v) is 6.95. The molecule has 0 fully saturated rings. The molecule has 0 aliphatic carbocycles. The van der Waals surface area contributed by atoms with Crippen LogP contribution in [0.25, 0.3) is 0 Å². The van der Waals surface area contributed by atoms with Crippen LogP contribution in [-0.2, 0) is 35.6 Å². The largest absolute Gasteiger partial charge is 0.467 e. The van der Waals surface area contributed by atoms with Crippen LogP contribution in [0.2, 0.25) is 0 Å². The molecule has 1 aliphatic heterocycles. The molecule has 1 N–H and O–H groups in total. The summed E-state index contributed by atoms with van der Waals surface area (Å²) in [7, 11) is 0. The minimum Gasteiger partial charge on any atom is -0.467 e.